The zero-order valence-electron chi connectivity index (χ0n) is 17.7. The van der Waals surface area contributed by atoms with Gasteiger partial charge in [0.25, 0.3) is 5.91 Å². The minimum Gasteiger partial charge on any atom is -0.450 e. The van der Waals surface area contributed by atoms with E-state index in [9.17, 15) is 4.79 Å². The lowest BCUT2D eigenvalue weighted by molar-refractivity contribution is -0.973. The average Bonchev–Trinajstić information content (AvgIpc) is 3.03. The number of rotatable bonds is 8. The molecule has 2 N–H and O–H groups in total. The van der Waals surface area contributed by atoms with Gasteiger partial charge in [0.15, 0.2) is 11.5 Å². The largest absolute Gasteiger partial charge is 0.450 e. The van der Waals surface area contributed by atoms with E-state index in [1.807, 2.05) is 6.07 Å². The fraction of sp³-hybridized carbons (Fsp3) is 0.522. The third kappa shape index (κ3) is 6.87. The van der Waals surface area contributed by atoms with Crippen molar-refractivity contribution in [2.45, 2.75) is 66.6 Å². The molecule has 4 heteroatoms. The Morgan fingerprint density at radius 1 is 1.07 bits per heavy atom. The molecule has 2 aromatic rings. The van der Waals surface area contributed by atoms with E-state index in [-0.39, 0.29) is 11.4 Å². The Bertz CT molecular complexity index is 724. The molecule has 0 fully saturated rings. The van der Waals surface area contributed by atoms with Crippen LogP contribution in [0.1, 0.15) is 68.5 Å². The summed E-state index contributed by atoms with van der Waals surface area (Å²) < 4.78 is 5.85. The van der Waals surface area contributed by atoms with Crippen LogP contribution in [0.5, 0.6) is 0 Å². The van der Waals surface area contributed by atoms with Crippen LogP contribution in [-0.4, -0.2) is 18.0 Å². The molecule has 1 heterocycles. The summed E-state index contributed by atoms with van der Waals surface area (Å²) in [7, 11) is 0. The van der Waals surface area contributed by atoms with E-state index in [2.05, 4.69) is 71.1 Å². The molecule has 0 radical (unpaired) electrons. The first-order valence-electron chi connectivity index (χ1n) is 9.93. The van der Waals surface area contributed by atoms with Gasteiger partial charge in [-0.25, -0.2) is 0 Å². The predicted octanol–water partition coefficient (Wildman–Crippen LogP) is 3.75. The van der Waals surface area contributed by atoms with Gasteiger partial charge in [0.1, 0.15) is 13.1 Å². The summed E-state index contributed by atoms with van der Waals surface area (Å²) >= 11 is 0. The molecule has 1 aromatic carbocycles. The minimum atomic E-state index is -0.127. The Labute approximate surface area is 163 Å². The topological polar surface area (TPSA) is 46.7 Å². The summed E-state index contributed by atoms with van der Waals surface area (Å²) in [6, 6.07) is 12.4. The van der Waals surface area contributed by atoms with Crippen molar-refractivity contribution in [3.8, 4) is 0 Å². The second-order valence-electron chi connectivity index (χ2n) is 8.90. The van der Waals surface area contributed by atoms with Gasteiger partial charge in [0.05, 0.1) is 5.54 Å². The Morgan fingerprint density at radius 3 is 2.33 bits per heavy atom. The van der Waals surface area contributed by atoms with Gasteiger partial charge in [-0.05, 0) is 52.2 Å². The lowest BCUT2D eigenvalue weighted by Gasteiger charge is -2.31. The molecule has 0 aliphatic rings. The number of furan rings is 1. The third-order valence-corrected chi connectivity index (χ3v) is 4.88. The highest BCUT2D eigenvalue weighted by Crippen LogP contribution is 2.09. The lowest BCUT2D eigenvalue weighted by Crippen LogP contribution is -3.16. The molecule has 148 valence electrons. The molecule has 0 saturated carbocycles. The Hall–Kier alpha value is -2.07. The van der Waals surface area contributed by atoms with E-state index in [0.29, 0.717) is 18.2 Å². The normalized spacial score (nSPS) is 13.0. The van der Waals surface area contributed by atoms with Crippen LogP contribution >= 0.6 is 0 Å². The van der Waals surface area contributed by atoms with Crippen molar-refractivity contribution in [2.75, 3.05) is 6.54 Å². The van der Waals surface area contributed by atoms with Crippen molar-refractivity contribution in [1.29, 1.82) is 0 Å². The fourth-order valence-electron chi connectivity index (χ4n) is 2.91. The van der Waals surface area contributed by atoms with Gasteiger partial charge in [0.2, 0.25) is 0 Å². The van der Waals surface area contributed by atoms with E-state index in [1.165, 1.54) is 16.0 Å². The number of quaternary nitrogens is 1. The van der Waals surface area contributed by atoms with Crippen LogP contribution in [0.3, 0.4) is 0 Å². The monoisotopic (exact) mass is 371 g/mol. The van der Waals surface area contributed by atoms with Gasteiger partial charge in [0, 0.05) is 12.1 Å². The van der Waals surface area contributed by atoms with Gasteiger partial charge in [-0.1, -0.05) is 43.7 Å². The molecule has 4 nitrogen and oxygen atoms in total. The number of carbonyl (C=O) groups is 1. The van der Waals surface area contributed by atoms with Crippen LogP contribution < -0.4 is 10.2 Å². The average molecular weight is 372 g/mol. The van der Waals surface area contributed by atoms with Crippen molar-refractivity contribution < 1.29 is 14.1 Å². The third-order valence-electron chi connectivity index (χ3n) is 4.88. The molecule has 1 unspecified atom stereocenters. The maximum absolute atomic E-state index is 12.2. The maximum Gasteiger partial charge on any atom is 0.287 e. The van der Waals surface area contributed by atoms with Gasteiger partial charge in [-0.15, -0.1) is 0 Å². The number of aryl methyl sites for hydroxylation is 1. The van der Waals surface area contributed by atoms with Crippen LogP contribution in [0.4, 0.5) is 0 Å². The zero-order chi connectivity index (χ0) is 20.0. The van der Waals surface area contributed by atoms with E-state index in [0.717, 1.165) is 25.3 Å². The molecule has 27 heavy (non-hydrogen) atoms. The van der Waals surface area contributed by atoms with Crippen molar-refractivity contribution in [2.24, 2.45) is 5.92 Å². The minimum absolute atomic E-state index is 0.0668. The molecule has 0 aliphatic carbocycles. The molecular formula is C23H35N2O2+. The van der Waals surface area contributed by atoms with Crippen molar-refractivity contribution in [1.82, 2.24) is 5.32 Å². The first-order valence-corrected chi connectivity index (χ1v) is 9.93. The second-order valence-corrected chi connectivity index (χ2v) is 8.90. The van der Waals surface area contributed by atoms with E-state index in [1.54, 1.807) is 6.07 Å². The summed E-state index contributed by atoms with van der Waals surface area (Å²) in [4.78, 5) is 13.6. The first kappa shape index (κ1) is 21.2. The van der Waals surface area contributed by atoms with Crippen molar-refractivity contribution >= 4 is 5.91 Å². The van der Waals surface area contributed by atoms with Crippen LogP contribution in [-0.2, 0) is 13.1 Å². The number of carbonyl (C=O) groups excluding carboxylic acids is 1. The standard InChI is InChI=1S/C23H34N2O2/c1-17(2)13-14-24-22(26)21-12-11-20(27-21)16-25(23(4,5)6)15-19-9-7-18(3)8-10-19/h7-12,17H,13-16H2,1-6H3,(H,24,26)/p+1. The molecule has 1 aromatic heterocycles. The van der Waals surface area contributed by atoms with Gasteiger partial charge >= 0.3 is 0 Å². The summed E-state index contributed by atoms with van der Waals surface area (Å²) in [5.41, 5.74) is 2.65. The van der Waals surface area contributed by atoms with Crippen molar-refractivity contribution in [3.63, 3.8) is 0 Å². The summed E-state index contributed by atoms with van der Waals surface area (Å²) in [6.07, 6.45) is 0.970. The highest BCUT2D eigenvalue weighted by Gasteiger charge is 2.27. The Morgan fingerprint density at radius 2 is 1.74 bits per heavy atom. The Balaban J connectivity index is 2.02. The highest BCUT2D eigenvalue weighted by atomic mass is 16.4. The maximum atomic E-state index is 12.2. The van der Waals surface area contributed by atoms with Gasteiger partial charge in [-0.3, -0.25) is 4.79 Å². The quantitative estimate of drug-likeness (QED) is 0.742. The number of benzene rings is 1. The fourth-order valence-corrected chi connectivity index (χ4v) is 2.91. The molecule has 0 bridgehead atoms. The van der Waals surface area contributed by atoms with Crippen LogP contribution in [0.25, 0.3) is 0 Å². The zero-order valence-corrected chi connectivity index (χ0v) is 17.7. The van der Waals surface area contributed by atoms with E-state index < -0.39 is 0 Å². The van der Waals surface area contributed by atoms with Gasteiger partial charge in [-0.2, -0.15) is 0 Å². The molecule has 1 atom stereocenters. The molecule has 0 spiro atoms. The highest BCUT2D eigenvalue weighted by molar-refractivity contribution is 5.91. The molecular weight excluding hydrogens is 336 g/mol. The van der Waals surface area contributed by atoms with Crippen LogP contribution in [0.15, 0.2) is 40.8 Å². The number of hydrogen-bond donors (Lipinski definition) is 2. The number of amides is 1. The van der Waals surface area contributed by atoms with Gasteiger partial charge < -0.3 is 14.6 Å². The Kier molecular flexibility index (Phi) is 7.25. The van der Waals surface area contributed by atoms with Crippen LogP contribution in [0.2, 0.25) is 0 Å². The van der Waals surface area contributed by atoms with E-state index >= 15 is 0 Å². The predicted molar refractivity (Wildman–Crippen MR) is 110 cm³/mol. The number of hydrogen-bond acceptors (Lipinski definition) is 2. The molecule has 1 amide bonds. The first-order chi connectivity index (χ1) is 12.6. The second kappa shape index (κ2) is 9.23. The van der Waals surface area contributed by atoms with Crippen LogP contribution in [0, 0.1) is 12.8 Å². The smallest absolute Gasteiger partial charge is 0.287 e. The number of nitrogens with one attached hydrogen (secondary N) is 2. The summed E-state index contributed by atoms with van der Waals surface area (Å²) in [6.45, 7) is 15.5. The molecule has 0 aliphatic heterocycles. The molecule has 2 rings (SSSR count). The molecule has 0 saturated heterocycles. The summed E-state index contributed by atoms with van der Waals surface area (Å²) in [5.74, 6) is 1.69. The summed E-state index contributed by atoms with van der Waals surface area (Å²) in [5, 5.41) is 2.93. The SMILES string of the molecule is Cc1ccc(C[NH+](Cc2ccc(C(=O)NCCC(C)C)o2)C(C)(C)C)cc1. The van der Waals surface area contributed by atoms with E-state index in [4.69, 9.17) is 4.42 Å². The van der Waals surface area contributed by atoms with Crippen molar-refractivity contribution in [3.05, 3.63) is 59.0 Å². The lowest BCUT2D eigenvalue weighted by atomic mass is 10.0.